The molecule has 0 aliphatic heterocycles. The number of hydrogen-bond acceptors (Lipinski definition) is 3. The molecule has 219 valence electrons. The molecule has 0 bridgehead atoms. The van der Waals surface area contributed by atoms with Gasteiger partial charge in [-0.15, -0.1) is 48.0 Å². The molecular formula is C41H29IrN3-2. The molecule has 0 atom stereocenters. The van der Waals surface area contributed by atoms with Crippen molar-refractivity contribution in [1.29, 1.82) is 0 Å². The molecule has 3 heterocycles. The number of rotatable bonds is 1. The summed E-state index contributed by atoms with van der Waals surface area (Å²) < 4.78 is 0. The predicted molar refractivity (Wildman–Crippen MR) is 182 cm³/mol. The monoisotopic (exact) mass is 756 g/mol. The van der Waals surface area contributed by atoms with Crippen molar-refractivity contribution < 1.29 is 20.1 Å². The maximum Gasteiger partial charge on any atom is 0.0189 e. The quantitative estimate of drug-likeness (QED) is 0.124. The Labute approximate surface area is 276 Å². The van der Waals surface area contributed by atoms with Gasteiger partial charge in [0, 0.05) is 43.6 Å². The number of pyridine rings is 3. The van der Waals surface area contributed by atoms with Gasteiger partial charge in [0.2, 0.25) is 0 Å². The van der Waals surface area contributed by atoms with Crippen molar-refractivity contribution in [3.63, 3.8) is 0 Å². The third-order valence-corrected chi connectivity index (χ3v) is 8.80. The van der Waals surface area contributed by atoms with Gasteiger partial charge in [0.15, 0.2) is 0 Å². The fourth-order valence-electron chi connectivity index (χ4n) is 6.58. The average molecular weight is 756 g/mol. The zero-order chi connectivity index (χ0) is 29.8. The Morgan fingerprint density at radius 3 is 2.33 bits per heavy atom. The Balaban J connectivity index is 0.000000211. The van der Waals surface area contributed by atoms with Crippen LogP contribution in [0.25, 0.3) is 65.7 Å². The first kappa shape index (κ1) is 29.0. The van der Waals surface area contributed by atoms with E-state index in [1.54, 1.807) is 6.20 Å². The summed E-state index contributed by atoms with van der Waals surface area (Å²) in [6.45, 7) is 6.74. The van der Waals surface area contributed by atoms with Crippen molar-refractivity contribution in [2.24, 2.45) is 0 Å². The SMILES string of the molecule is Cc1ccc2ccc3c4ccnc5c4c(cc3c2c1)C(C)(C)c1nc2ccccc2[c-]c1-5.[Ir].[c-]1ccccc1-c1ccccn1. The van der Waals surface area contributed by atoms with Gasteiger partial charge in [-0.2, -0.15) is 0 Å². The largest absolute Gasteiger partial charge is 0.329 e. The number of nitrogens with zero attached hydrogens (tertiary/aromatic N) is 3. The van der Waals surface area contributed by atoms with Crippen LogP contribution in [0.15, 0.2) is 122 Å². The Bertz CT molecular complexity index is 2330. The number of benzene rings is 5. The number of aromatic nitrogens is 3. The van der Waals surface area contributed by atoms with Gasteiger partial charge in [-0.1, -0.05) is 97.1 Å². The molecule has 0 unspecified atom stereocenters. The zero-order valence-electron chi connectivity index (χ0n) is 25.2. The molecule has 4 heteroatoms. The molecule has 1 aliphatic carbocycles. The van der Waals surface area contributed by atoms with Gasteiger partial charge in [0.25, 0.3) is 0 Å². The zero-order valence-corrected chi connectivity index (χ0v) is 27.6. The van der Waals surface area contributed by atoms with E-state index < -0.39 is 0 Å². The second kappa shape index (κ2) is 11.3. The van der Waals surface area contributed by atoms with Crippen LogP contribution in [0.2, 0.25) is 0 Å². The Morgan fingerprint density at radius 1 is 0.689 bits per heavy atom. The van der Waals surface area contributed by atoms with E-state index in [2.05, 4.69) is 92.5 Å². The van der Waals surface area contributed by atoms with Crippen LogP contribution in [0.3, 0.4) is 0 Å². The normalized spacial score (nSPS) is 12.8. The summed E-state index contributed by atoms with van der Waals surface area (Å²) in [5.41, 5.74) is 8.39. The van der Waals surface area contributed by atoms with Gasteiger partial charge in [-0.3, -0.25) is 4.98 Å². The van der Waals surface area contributed by atoms with Crippen LogP contribution in [-0.4, -0.2) is 15.0 Å². The number of fused-ring (bicyclic) bond motifs is 7. The first-order chi connectivity index (χ1) is 21.5. The average Bonchev–Trinajstić information content (AvgIpc) is 3.07. The second-order valence-electron chi connectivity index (χ2n) is 12.0. The summed E-state index contributed by atoms with van der Waals surface area (Å²) in [5, 5.41) is 8.68. The van der Waals surface area contributed by atoms with Gasteiger partial charge in [-0.25, -0.2) is 0 Å². The third kappa shape index (κ3) is 4.82. The van der Waals surface area contributed by atoms with Crippen LogP contribution < -0.4 is 0 Å². The summed E-state index contributed by atoms with van der Waals surface area (Å²) in [6, 6.07) is 44.5. The summed E-state index contributed by atoms with van der Waals surface area (Å²) >= 11 is 0. The van der Waals surface area contributed by atoms with Crippen molar-refractivity contribution in [2.45, 2.75) is 26.2 Å². The van der Waals surface area contributed by atoms with Gasteiger partial charge in [0.05, 0.1) is 0 Å². The van der Waals surface area contributed by atoms with Gasteiger partial charge in [-0.05, 0) is 73.8 Å². The van der Waals surface area contributed by atoms with E-state index in [1.165, 1.54) is 43.4 Å². The van der Waals surface area contributed by atoms with Crippen LogP contribution in [0.5, 0.6) is 0 Å². The first-order valence-corrected chi connectivity index (χ1v) is 15.0. The first-order valence-electron chi connectivity index (χ1n) is 15.0. The van der Waals surface area contributed by atoms with Gasteiger partial charge >= 0.3 is 0 Å². The summed E-state index contributed by atoms with van der Waals surface area (Å²) in [4.78, 5) is 14.2. The second-order valence-corrected chi connectivity index (χ2v) is 12.0. The Kier molecular flexibility index (Phi) is 7.28. The molecule has 45 heavy (non-hydrogen) atoms. The molecule has 9 rings (SSSR count). The molecule has 0 saturated heterocycles. The molecule has 3 nitrogen and oxygen atoms in total. The van der Waals surface area contributed by atoms with Crippen LogP contribution in [0.4, 0.5) is 0 Å². The topological polar surface area (TPSA) is 38.7 Å². The molecule has 0 fully saturated rings. The van der Waals surface area contributed by atoms with Gasteiger partial charge < -0.3 is 9.97 Å². The van der Waals surface area contributed by atoms with Crippen LogP contribution in [0.1, 0.15) is 30.7 Å². The maximum absolute atomic E-state index is 5.14. The summed E-state index contributed by atoms with van der Waals surface area (Å²) in [7, 11) is 0. The summed E-state index contributed by atoms with van der Waals surface area (Å²) in [5.74, 6) is 0. The molecule has 0 spiro atoms. The van der Waals surface area contributed by atoms with Gasteiger partial charge in [0.1, 0.15) is 0 Å². The Hall–Kier alpha value is -4.76. The minimum absolute atomic E-state index is 0. The van der Waals surface area contributed by atoms with Crippen molar-refractivity contribution >= 4 is 43.2 Å². The molecule has 1 aliphatic rings. The molecule has 3 aromatic heterocycles. The van der Waals surface area contributed by atoms with Crippen LogP contribution in [0, 0.1) is 19.1 Å². The minimum Gasteiger partial charge on any atom is -0.329 e. The molecule has 8 aromatic rings. The minimum atomic E-state index is -0.260. The number of hydrogen-bond donors (Lipinski definition) is 0. The molecule has 1 radical (unpaired) electrons. The van der Waals surface area contributed by atoms with E-state index in [4.69, 9.17) is 9.97 Å². The Morgan fingerprint density at radius 2 is 1.51 bits per heavy atom. The van der Waals surface area contributed by atoms with Crippen LogP contribution in [-0.2, 0) is 25.5 Å². The number of aryl methyl sites for hydroxylation is 1. The molecule has 0 amide bonds. The standard InChI is InChI=1S/C30H21N2.C11H8N.Ir/c1-17-8-9-18-10-11-20-21-12-13-31-28-24-15-19-6-4-5-7-26(19)32-29(24)30(2,3)25(27(21)28)16-23(20)22(18)14-17;1-2-6-10(7-3-1)11-8-4-5-9-12-11;/h4-14,16H,1-3H3;1-6,8-9H;/q2*-1;. The van der Waals surface area contributed by atoms with E-state index in [1.807, 2.05) is 60.8 Å². The predicted octanol–water partition coefficient (Wildman–Crippen LogP) is 10.1. The summed E-state index contributed by atoms with van der Waals surface area (Å²) in [6.07, 6.45) is 3.72. The van der Waals surface area contributed by atoms with Crippen LogP contribution >= 0.6 is 0 Å². The number of para-hydroxylation sites is 1. The van der Waals surface area contributed by atoms with E-state index in [9.17, 15) is 0 Å². The molecule has 5 aromatic carbocycles. The fraction of sp³-hybridized carbons (Fsp3) is 0.0976. The van der Waals surface area contributed by atoms with Crippen molar-refractivity contribution in [2.75, 3.05) is 0 Å². The van der Waals surface area contributed by atoms with E-state index in [-0.39, 0.29) is 25.5 Å². The van der Waals surface area contributed by atoms with E-state index in [0.717, 1.165) is 39.1 Å². The molecular weight excluding hydrogens is 727 g/mol. The molecule has 0 N–H and O–H groups in total. The fourth-order valence-corrected chi connectivity index (χ4v) is 6.58. The van der Waals surface area contributed by atoms with Crippen molar-refractivity contribution in [1.82, 2.24) is 15.0 Å². The maximum atomic E-state index is 5.14. The smallest absolute Gasteiger partial charge is 0.0189 e. The van der Waals surface area contributed by atoms with E-state index in [0.29, 0.717) is 0 Å². The molecule has 0 saturated carbocycles. The van der Waals surface area contributed by atoms with E-state index >= 15 is 0 Å². The third-order valence-electron chi connectivity index (χ3n) is 8.80. The van der Waals surface area contributed by atoms with Crippen molar-refractivity contribution in [3.05, 3.63) is 151 Å². The van der Waals surface area contributed by atoms with Crippen molar-refractivity contribution in [3.8, 4) is 22.5 Å².